The van der Waals surface area contributed by atoms with E-state index in [1.54, 1.807) is 0 Å². The zero-order valence-electron chi connectivity index (χ0n) is 7.79. The first-order valence-corrected chi connectivity index (χ1v) is 5.23. The number of rotatable bonds is 2. The van der Waals surface area contributed by atoms with Crippen LogP contribution >= 0.6 is 11.8 Å². The van der Waals surface area contributed by atoms with Gasteiger partial charge in [-0.2, -0.15) is 0 Å². The summed E-state index contributed by atoms with van der Waals surface area (Å²) < 4.78 is 0. The predicted octanol–water partition coefficient (Wildman–Crippen LogP) is 2.95. The third-order valence-corrected chi connectivity index (χ3v) is 3.33. The van der Waals surface area contributed by atoms with E-state index in [2.05, 4.69) is 32.7 Å². The van der Waals surface area contributed by atoms with Gasteiger partial charge in [0.15, 0.2) is 0 Å². The largest absolute Gasteiger partial charge is 0.279 e. The van der Waals surface area contributed by atoms with Gasteiger partial charge in [-0.3, -0.25) is 4.99 Å². The van der Waals surface area contributed by atoms with Gasteiger partial charge in [-0.15, -0.1) is 11.8 Å². The van der Waals surface area contributed by atoms with Gasteiger partial charge < -0.3 is 0 Å². The van der Waals surface area contributed by atoms with E-state index in [1.807, 2.05) is 11.8 Å². The summed E-state index contributed by atoms with van der Waals surface area (Å²) >= 11 is 2.00. The van der Waals surface area contributed by atoms with Gasteiger partial charge in [-0.05, 0) is 26.2 Å². The summed E-state index contributed by atoms with van der Waals surface area (Å²) in [5.74, 6) is 0.773. The maximum atomic E-state index is 4.59. The molecule has 0 aliphatic carbocycles. The minimum Gasteiger partial charge on any atom is -0.279 e. The van der Waals surface area contributed by atoms with E-state index >= 15 is 0 Å². The van der Waals surface area contributed by atoms with Crippen molar-refractivity contribution in [2.45, 2.75) is 44.7 Å². The van der Waals surface area contributed by atoms with Crippen molar-refractivity contribution in [1.82, 2.24) is 0 Å². The second kappa shape index (κ2) is 3.61. The number of hydrogen-bond acceptors (Lipinski definition) is 2. The second-order valence-corrected chi connectivity index (χ2v) is 5.16. The van der Waals surface area contributed by atoms with Crippen LogP contribution in [0, 0.1) is 5.92 Å². The van der Waals surface area contributed by atoms with Crippen LogP contribution in [-0.2, 0) is 0 Å². The van der Waals surface area contributed by atoms with Crippen LogP contribution in [0.3, 0.4) is 0 Å². The maximum Gasteiger partial charge on any atom is 0.0959 e. The van der Waals surface area contributed by atoms with Crippen LogP contribution < -0.4 is 0 Å². The lowest BCUT2D eigenvalue weighted by Gasteiger charge is -2.09. The first-order chi connectivity index (χ1) is 5.09. The summed E-state index contributed by atoms with van der Waals surface area (Å²) in [5.41, 5.74) is 1.32. The Hall–Kier alpha value is 0.0200. The summed E-state index contributed by atoms with van der Waals surface area (Å²) in [5, 5.41) is 1.20. The van der Waals surface area contributed by atoms with Crippen LogP contribution in [0.5, 0.6) is 0 Å². The number of thioether (sulfide) groups is 1. The molecule has 0 amide bonds. The highest BCUT2D eigenvalue weighted by atomic mass is 32.2. The summed E-state index contributed by atoms with van der Waals surface area (Å²) in [6.45, 7) is 8.89. The van der Waals surface area contributed by atoms with Crippen molar-refractivity contribution in [3.8, 4) is 0 Å². The van der Waals surface area contributed by atoms with Crippen LogP contribution in [0.15, 0.2) is 4.99 Å². The van der Waals surface area contributed by atoms with Gasteiger partial charge in [-0.25, -0.2) is 0 Å². The maximum absolute atomic E-state index is 4.59. The lowest BCUT2D eigenvalue weighted by atomic mass is 10.1. The van der Waals surface area contributed by atoms with Crippen LogP contribution in [-0.4, -0.2) is 16.3 Å². The van der Waals surface area contributed by atoms with Crippen LogP contribution in [0.25, 0.3) is 0 Å². The molecule has 11 heavy (non-hydrogen) atoms. The highest BCUT2D eigenvalue weighted by Crippen LogP contribution is 2.31. The van der Waals surface area contributed by atoms with Gasteiger partial charge in [-0.1, -0.05) is 13.8 Å². The zero-order valence-corrected chi connectivity index (χ0v) is 8.61. The highest BCUT2D eigenvalue weighted by molar-refractivity contribution is 8.01. The molecule has 0 saturated carbocycles. The number of nitrogens with zero attached hydrogens (tertiary/aromatic N) is 1. The fourth-order valence-electron chi connectivity index (χ4n) is 1.21. The average molecular weight is 171 g/mol. The molecule has 64 valence electrons. The monoisotopic (exact) mass is 171 g/mol. The molecule has 0 fully saturated rings. The van der Waals surface area contributed by atoms with Crippen LogP contribution in [0.4, 0.5) is 0 Å². The molecular weight excluding hydrogens is 154 g/mol. The first-order valence-electron chi connectivity index (χ1n) is 4.29. The number of hydrogen-bond donors (Lipinski definition) is 0. The standard InChI is InChI=1S/C9H17NS/c1-6(2)5-9-10-7(3)8(4)11-9/h6,8-9H,5H2,1-4H3/t8-,9-/m0/s1. The summed E-state index contributed by atoms with van der Waals surface area (Å²) in [7, 11) is 0. The molecule has 0 aromatic carbocycles. The molecule has 0 bridgehead atoms. The lowest BCUT2D eigenvalue weighted by molar-refractivity contribution is 0.579. The molecule has 1 aliphatic rings. The molecule has 1 heterocycles. The molecule has 0 aromatic rings. The normalized spacial score (nSPS) is 31.2. The molecule has 1 aliphatic heterocycles. The molecule has 0 saturated heterocycles. The smallest absolute Gasteiger partial charge is 0.0959 e. The SMILES string of the molecule is CC1=N[C@H](CC(C)C)S[C@H]1C. The molecule has 0 radical (unpaired) electrons. The predicted molar refractivity (Wildman–Crippen MR) is 53.4 cm³/mol. The molecule has 0 spiro atoms. The molecule has 0 aromatic heterocycles. The van der Waals surface area contributed by atoms with Crippen LogP contribution in [0.2, 0.25) is 0 Å². The summed E-state index contributed by atoms with van der Waals surface area (Å²) in [6.07, 6.45) is 1.23. The van der Waals surface area contributed by atoms with Crippen molar-refractivity contribution in [3.63, 3.8) is 0 Å². The minimum absolute atomic E-state index is 0.546. The Labute approximate surface area is 73.7 Å². The fourth-order valence-corrected chi connectivity index (χ4v) is 2.66. The van der Waals surface area contributed by atoms with E-state index in [0.29, 0.717) is 10.6 Å². The van der Waals surface area contributed by atoms with Crippen molar-refractivity contribution >= 4 is 17.5 Å². The van der Waals surface area contributed by atoms with E-state index < -0.39 is 0 Å². The molecule has 0 N–H and O–H groups in total. The van der Waals surface area contributed by atoms with Gasteiger partial charge in [0, 0.05) is 11.0 Å². The van der Waals surface area contributed by atoms with E-state index in [4.69, 9.17) is 0 Å². The van der Waals surface area contributed by atoms with Crippen molar-refractivity contribution < 1.29 is 0 Å². The minimum atomic E-state index is 0.546. The first kappa shape index (κ1) is 9.11. The summed E-state index contributed by atoms with van der Waals surface area (Å²) in [6, 6.07) is 0. The van der Waals surface area contributed by atoms with Gasteiger partial charge >= 0.3 is 0 Å². The molecular formula is C9H17NS. The van der Waals surface area contributed by atoms with Crippen LogP contribution in [0.1, 0.15) is 34.1 Å². The van der Waals surface area contributed by atoms with Gasteiger partial charge in [0.2, 0.25) is 0 Å². The van der Waals surface area contributed by atoms with Gasteiger partial charge in [0.05, 0.1) is 5.37 Å². The third kappa shape index (κ3) is 2.51. The topological polar surface area (TPSA) is 12.4 Å². The third-order valence-electron chi connectivity index (χ3n) is 1.97. The Bertz CT molecular complexity index is 163. The van der Waals surface area contributed by atoms with Crippen molar-refractivity contribution in [2.24, 2.45) is 10.9 Å². The van der Waals surface area contributed by atoms with E-state index in [9.17, 15) is 0 Å². The second-order valence-electron chi connectivity index (χ2n) is 3.63. The molecule has 0 unspecified atom stereocenters. The average Bonchev–Trinajstić information content (AvgIpc) is 2.10. The van der Waals surface area contributed by atoms with Crippen molar-refractivity contribution in [3.05, 3.63) is 0 Å². The quantitative estimate of drug-likeness (QED) is 0.622. The number of aliphatic imine (C=N–C) groups is 1. The molecule has 2 heteroatoms. The Morgan fingerprint density at radius 2 is 2.18 bits per heavy atom. The summed E-state index contributed by atoms with van der Waals surface area (Å²) in [4.78, 5) is 4.59. The Kier molecular flexibility index (Phi) is 2.99. The zero-order chi connectivity index (χ0) is 8.43. The Morgan fingerprint density at radius 3 is 2.55 bits per heavy atom. The Morgan fingerprint density at radius 1 is 1.55 bits per heavy atom. The van der Waals surface area contributed by atoms with E-state index in [1.165, 1.54) is 12.1 Å². The van der Waals surface area contributed by atoms with E-state index in [-0.39, 0.29) is 0 Å². The van der Waals surface area contributed by atoms with E-state index in [0.717, 1.165) is 5.92 Å². The van der Waals surface area contributed by atoms with Crippen molar-refractivity contribution in [1.29, 1.82) is 0 Å². The highest BCUT2D eigenvalue weighted by Gasteiger charge is 2.22. The molecule has 1 rings (SSSR count). The lowest BCUT2D eigenvalue weighted by Crippen LogP contribution is -2.03. The van der Waals surface area contributed by atoms with Gasteiger partial charge in [0.1, 0.15) is 0 Å². The molecule has 2 atom stereocenters. The fraction of sp³-hybridized carbons (Fsp3) is 0.889. The van der Waals surface area contributed by atoms with Gasteiger partial charge in [0.25, 0.3) is 0 Å². The Balaban J connectivity index is 2.41. The van der Waals surface area contributed by atoms with Crippen molar-refractivity contribution in [2.75, 3.05) is 0 Å². The molecule has 1 nitrogen and oxygen atoms in total.